The van der Waals surface area contributed by atoms with Gasteiger partial charge in [0.1, 0.15) is 11.3 Å². The minimum Gasteiger partial charge on any atom is -0.497 e. The molecule has 3 rings (SSSR count). The lowest BCUT2D eigenvalue weighted by molar-refractivity contribution is 0.0794. The van der Waals surface area contributed by atoms with Crippen LogP contribution in [0.4, 0.5) is 0 Å². The van der Waals surface area contributed by atoms with Gasteiger partial charge in [0.15, 0.2) is 5.65 Å². The van der Waals surface area contributed by atoms with Crippen LogP contribution in [0.3, 0.4) is 0 Å². The standard InChI is InChI=1S/C19H22N4O2/c1-14-17(18-20-11-5-13-23(18)21-14)19(24)22(2)12-4-6-15-7-9-16(25-3)10-8-15/h5,7-11,13H,4,6,12H2,1-3H3. The molecule has 0 atom stereocenters. The highest BCUT2D eigenvalue weighted by Crippen LogP contribution is 2.16. The molecule has 0 aliphatic rings. The summed E-state index contributed by atoms with van der Waals surface area (Å²) in [6.07, 6.45) is 5.28. The number of rotatable bonds is 6. The van der Waals surface area contributed by atoms with Gasteiger partial charge in [0.05, 0.1) is 12.8 Å². The first-order valence-corrected chi connectivity index (χ1v) is 8.28. The second-order valence-corrected chi connectivity index (χ2v) is 6.03. The average Bonchev–Trinajstić information content (AvgIpc) is 2.97. The maximum atomic E-state index is 12.8. The number of benzene rings is 1. The Morgan fingerprint density at radius 3 is 2.76 bits per heavy atom. The van der Waals surface area contributed by atoms with Crippen LogP contribution in [0.15, 0.2) is 42.7 Å². The zero-order chi connectivity index (χ0) is 17.8. The summed E-state index contributed by atoms with van der Waals surface area (Å²) >= 11 is 0. The van der Waals surface area contributed by atoms with Crippen molar-refractivity contribution in [3.05, 3.63) is 59.5 Å². The SMILES string of the molecule is COc1ccc(CCCN(C)C(=O)c2c(C)nn3cccnc23)cc1. The molecule has 0 aliphatic carbocycles. The molecule has 2 aromatic heterocycles. The van der Waals surface area contributed by atoms with Gasteiger partial charge >= 0.3 is 0 Å². The average molecular weight is 338 g/mol. The van der Waals surface area contributed by atoms with E-state index in [4.69, 9.17) is 4.74 Å². The van der Waals surface area contributed by atoms with Gasteiger partial charge in [-0.3, -0.25) is 4.79 Å². The smallest absolute Gasteiger partial charge is 0.259 e. The van der Waals surface area contributed by atoms with E-state index >= 15 is 0 Å². The van der Waals surface area contributed by atoms with E-state index in [0.29, 0.717) is 23.4 Å². The van der Waals surface area contributed by atoms with Crippen LogP contribution in [0.1, 0.15) is 28.0 Å². The minimum atomic E-state index is -0.0408. The maximum Gasteiger partial charge on any atom is 0.259 e. The van der Waals surface area contributed by atoms with Crippen molar-refractivity contribution >= 4 is 11.6 Å². The lowest BCUT2D eigenvalue weighted by Crippen LogP contribution is -2.28. The summed E-state index contributed by atoms with van der Waals surface area (Å²) in [6.45, 7) is 2.52. The van der Waals surface area contributed by atoms with Crippen LogP contribution in [0.25, 0.3) is 5.65 Å². The Kier molecular flexibility index (Phi) is 4.97. The van der Waals surface area contributed by atoms with E-state index in [1.807, 2.05) is 26.1 Å². The van der Waals surface area contributed by atoms with Crippen LogP contribution in [0.5, 0.6) is 5.75 Å². The first-order valence-electron chi connectivity index (χ1n) is 8.28. The Hall–Kier alpha value is -2.89. The predicted molar refractivity (Wildman–Crippen MR) is 96.0 cm³/mol. The van der Waals surface area contributed by atoms with Crippen molar-refractivity contribution in [3.8, 4) is 5.75 Å². The quantitative estimate of drug-likeness (QED) is 0.693. The van der Waals surface area contributed by atoms with Crippen molar-refractivity contribution in [1.82, 2.24) is 19.5 Å². The first kappa shape index (κ1) is 17.0. The van der Waals surface area contributed by atoms with E-state index in [2.05, 4.69) is 22.2 Å². The maximum absolute atomic E-state index is 12.8. The van der Waals surface area contributed by atoms with Gasteiger partial charge in [0, 0.05) is 26.0 Å². The lowest BCUT2D eigenvalue weighted by atomic mass is 10.1. The normalized spacial score (nSPS) is 10.8. The monoisotopic (exact) mass is 338 g/mol. The number of methoxy groups -OCH3 is 1. The zero-order valence-corrected chi connectivity index (χ0v) is 14.8. The summed E-state index contributed by atoms with van der Waals surface area (Å²) in [5.41, 5.74) is 3.11. The Bertz CT molecular complexity index is 871. The van der Waals surface area contributed by atoms with Crippen LogP contribution in [0.2, 0.25) is 0 Å². The topological polar surface area (TPSA) is 59.7 Å². The van der Waals surface area contributed by atoms with E-state index in [1.165, 1.54) is 5.56 Å². The van der Waals surface area contributed by atoms with E-state index in [0.717, 1.165) is 18.6 Å². The molecule has 6 heteroatoms. The predicted octanol–water partition coefficient (Wildman–Crippen LogP) is 2.75. The fourth-order valence-electron chi connectivity index (χ4n) is 2.85. The van der Waals surface area contributed by atoms with Crippen LogP contribution in [0, 0.1) is 6.92 Å². The van der Waals surface area contributed by atoms with Gasteiger partial charge in [-0.05, 0) is 43.5 Å². The third kappa shape index (κ3) is 3.63. The highest BCUT2D eigenvalue weighted by Gasteiger charge is 2.21. The number of ether oxygens (including phenoxy) is 1. The molecule has 0 saturated carbocycles. The molecule has 1 aromatic carbocycles. The Morgan fingerprint density at radius 2 is 2.04 bits per heavy atom. The molecular formula is C19H22N4O2. The number of hydrogen-bond donors (Lipinski definition) is 0. The fourth-order valence-corrected chi connectivity index (χ4v) is 2.85. The molecule has 25 heavy (non-hydrogen) atoms. The second-order valence-electron chi connectivity index (χ2n) is 6.03. The molecule has 2 heterocycles. The molecule has 0 radical (unpaired) electrons. The molecule has 0 N–H and O–H groups in total. The number of carbonyl (C=O) groups is 1. The highest BCUT2D eigenvalue weighted by molar-refractivity contribution is 6.00. The Labute approximate surface area is 147 Å². The molecule has 130 valence electrons. The summed E-state index contributed by atoms with van der Waals surface area (Å²) in [6, 6.07) is 9.82. The number of hydrogen-bond acceptors (Lipinski definition) is 4. The molecule has 3 aromatic rings. The largest absolute Gasteiger partial charge is 0.497 e. The second kappa shape index (κ2) is 7.34. The Morgan fingerprint density at radius 1 is 1.28 bits per heavy atom. The summed E-state index contributed by atoms with van der Waals surface area (Å²) in [4.78, 5) is 18.8. The van der Waals surface area contributed by atoms with Gasteiger partial charge in [-0.15, -0.1) is 0 Å². The van der Waals surface area contributed by atoms with Crippen molar-refractivity contribution in [2.45, 2.75) is 19.8 Å². The van der Waals surface area contributed by atoms with Gasteiger partial charge in [-0.25, -0.2) is 9.50 Å². The third-order valence-electron chi connectivity index (χ3n) is 4.25. The van der Waals surface area contributed by atoms with Crippen molar-refractivity contribution in [1.29, 1.82) is 0 Å². The number of carbonyl (C=O) groups excluding carboxylic acids is 1. The third-order valence-corrected chi connectivity index (χ3v) is 4.25. The van der Waals surface area contributed by atoms with E-state index in [1.54, 1.807) is 35.0 Å². The number of aromatic nitrogens is 3. The van der Waals surface area contributed by atoms with Crippen molar-refractivity contribution in [2.75, 3.05) is 20.7 Å². The first-order chi connectivity index (χ1) is 12.1. The lowest BCUT2D eigenvalue weighted by Gasteiger charge is -2.17. The van der Waals surface area contributed by atoms with E-state index in [-0.39, 0.29) is 5.91 Å². The molecule has 0 bridgehead atoms. The summed E-state index contributed by atoms with van der Waals surface area (Å²) < 4.78 is 6.81. The number of nitrogens with zero attached hydrogens (tertiary/aromatic N) is 4. The highest BCUT2D eigenvalue weighted by atomic mass is 16.5. The molecule has 1 amide bonds. The van der Waals surface area contributed by atoms with Crippen molar-refractivity contribution in [2.24, 2.45) is 0 Å². The van der Waals surface area contributed by atoms with Gasteiger partial charge in [-0.2, -0.15) is 5.10 Å². The molecule has 0 fully saturated rings. The van der Waals surface area contributed by atoms with Gasteiger partial charge in [-0.1, -0.05) is 12.1 Å². The number of fused-ring (bicyclic) bond motifs is 1. The van der Waals surface area contributed by atoms with Crippen LogP contribution in [-0.4, -0.2) is 46.1 Å². The van der Waals surface area contributed by atoms with Crippen molar-refractivity contribution in [3.63, 3.8) is 0 Å². The number of amides is 1. The van der Waals surface area contributed by atoms with Crippen LogP contribution >= 0.6 is 0 Å². The van der Waals surface area contributed by atoms with Crippen LogP contribution < -0.4 is 4.74 Å². The Balaban J connectivity index is 1.63. The minimum absolute atomic E-state index is 0.0408. The molecule has 0 unspecified atom stereocenters. The number of aryl methyl sites for hydroxylation is 2. The molecule has 0 spiro atoms. The molecular weight excluding hydrogens is 316 g/mol. The van der Waals surface area contributed by atoms with Crippen molar-refractivity contribution < 1.29 is 9.53 Å². The van der Waals surface area contributed by atoms with E-state index in [9.17, 15) is 4.79 Å². The summed E-state index contributed by atoms with van der Waals surface area (Å²) in [5.74, 6) is 0.813. The summed E-state index contributed by atoms with van der Waals surface area (Å²) in [7, 11) is 3.48. The van der Waals surface area contributed by atoms with Crippen LogP contribution in [-0.2, 0) is 6.42 Å². The summed E-state index contributed by atoms with van der Waals surface area (Å²) in [5, 5.41) is 4.36. The van der Waals surface area contributed by atoms with Gasteiger partial charge in [0.25, 0.3) is 5.91 Å². The zero-order valence-electron chi connectivity index (χ0n) is 14.8. The fraction of sp³-hybridized carbons (Fsp3) is 0.316. The molecule has 6 nitrogen and oxygen atoms in total. The van der Waals surface area contributed by atoms with Gasteiger partial charge < -0.3 is 9.64 Å². The van der Waals surface area contributed by atoms with Gasteiger partial charge in [0.2, 0.25) is 0 Å². The molecule has 0 saturated heterocycles. The molecule has 0 aliphatic heterocycles. The van der Waals surface area contributed by atoms with E-state index < -0.39 is 0 Å².